The van der Waals surface area contributed by atoms with Gasteiger partial charge in [0.1, 0.15) is 6.07 Å². The summed E-state index contributed by atoms with van der Waals surface area (Å²) in [5.41, 5.74) is 7.52. The van der Waals surface area contributed by atoms with E-state index in [4.69, 9.17) is 11.0 Å². The number of nitrogens with two attached hydrogens (primary N) is 1. The Balaban J connectivity index is 2.25. The molecule has 0 saturated carbocycles. The monoisotopic (exact) mass is 237 g/mol. The quantitative estimate of drug-likeness (QED) is 0.787. The number of hydrogen-bond donors (Lipinski definition) is 2. The van der Waals surface area contributed by atoms with Gasteiger partial charge < -0.3 is 11.1 Å². The van der Waals surface area contributed by atoms with E-state index in [-0.39, 0.29) is 5.91 Å². The molecule has 0 heterocycles. The molecule has 0 saturated heterocycles. The normalized spacial score (nSPS) is 9.50. The third-order valence-electron chi connectivity index (χ3n) is 2.44. The molecule has 2 aromatic carbocycles. The molecule has 2 rings (SSSR count). The minimum absolute atomic E-state index is 0.287. The zero-order chi connectivity index (χ0) is 13.0. The summed E-state index contributed by atoms with van der Waals surface area (Å²) in [6.45, 7) is 0. The highest BCUT2D eigenvalue weighted by Gasteiger charge is 2.08. The van der Waals surface area contributed by atoms with E-state index in [2.05, 4.69) is 5.32 Å². The molecule has 0 radical (unpaired) electrons. The molecule has 0 aromatic heterocycles. The van der Waals surface area contributed by atoms with Gasteiger partial charge in [0, 0.05) is 11.3 Å². The zero-order valence-corrected chi connectivity index (χ0v) is 9.55. The molecule has 3 N–H and O–H groups in total. The van der Waals surface area contributed by atoms with Crippen LogP contribution in [0.1, 0.15) is 15.9 Å². The van der Waals surface area contributed by atoms with E-state index in [0.717, 1.165) is 0 Å². The lowest BCUT2D eigenvalue weighted by molar-refractivity contribution is 0.102. The van der Waals surface area contributed by atoms with E-state index in [1.807, 2.05) is 6.07 Å². The number of hydrogen-bond acceptors (Lipinski definition) is 3. The molecule has 0 aliphatic heterocycles. The summed E-state index contributed by atoms with van der Waals surface area (Å²) in [5, 5.41) is 11.6. The van der Waals surface area contributed by atoms with E-state index < -0.39 is 0 Å². The van der Waals surface area contributed by atoms with Gasteiger partial charge in [-0.05, 0) is 30.3 Å². The number of amides is 1. The van der Waals surface area contributed by atoms with Crippen LogP contribution in [0.15, 0.2) is 48.5 Å². The maximum Gasteiger partial charge on any atom is 0.255 e. The van der Waals surface area contributed by atoms with Crippen molar-refractivity contribution in [3.05, 3.63) is 59.7 Å². The van der Waals surface area contributed by atoms with Crippen LogP contribution in [-0.4, -0.2) is 5.91 Å². The molecule has 0 bridgehead atoms. The van der Waals surface area contributed by atoms with Gasteiger partial charge in [0.05, 0.1) is 11.3 Å². The van der Waals surface area contributed by atoms with E-state index in [0.29, 0.717) is 22.5 Å². The summed E-state index contributed by atoms with van der Waals surface area (Å²) >= 11 is 0. The first-order valence-corrected chi connectivity index (χ1v) is 5.37. The fourth-order valence-electron chi connectivity index (χ4n) is 1.56. The molecule has 0 aliphatic carbocycles. The maximum absolute atomic E-state index is 12.0. The lowest BCUT2D eigenvalue weighted by Crippen LogP contribution is -2.13. The lowest BCUT2D eigenvalue weighted by atomic mass is 10.1. The zero-order valence-electron chi connectivity index (χ0n) is 9.55. The number of nitrogens with one attached hydrogen (secondary N) is 1. The van der Waals surface area contributed by atoms with Crippen LogP contribution in [0.25, 0.3) is 0 Å². The Labute approximate surface area is 105 Å². The molecule has 0 aliphatic rings. The van der Waals surface area contributed by atoms with Crippen LogP contribution in [0.2, 0.25) is 0 Å². The van der Waals surface area contributed by atoms with Gasteiger partial charge in [0.15, 0.2) is 0 Å². The van der Waals surface area contributed by atoms with Gasteiger partial charge in [0.2, 0.25) is 0 Å². The Morgan fingerprint density at radius 2 is 1.94 bits per heavy atom. The summed E-state index contributed by atoms with van der Waals surface area (Å²) in [6.07, 6.45) is 0. The average Bonchev–Trinajstić information content (AvgIpc) is 2.39. The Hall–Kier alpha value is -2.80. The summed E-state index contributed by atoms with van der Waals surface area (Å²) in [4.78, 5) is 12.0. The second kappa shape index (κ2) is 5.02. The SMILES string of the molecule is N#Cc1ccccc1NC(=O)c1cccc(N)c1. The van der Waals surface area contributed by atoms with Gasteiger partial charge in [-0.25, -0.2) is 0 Å². The average molecular weight is 237 g/mol. The number of nitriles is 1. The highest BCUT2D eigenvalue weighted by molar-refractivity contribution is 6.05. The van der Waals surface area contributed by atoms with Crippen molar-refractivity contribution in [1.29, 1.82) is 5.26 Å². The van der Waals surface area contributed by atoms with Crippen LogP contribution >= 0.6 is 0 Å². The molecule has 0 fully saturated rings. The number of rotatable bonds is 2. The van der Waals surface area contributed by atoms with Crippen LogP contribution in [0.3, 0.4) is 0 Å². The van der Waals surface area contributed by atoms with Crippen LogP contribution in [0.4, 0.5) is 11.4 Å². The molecule has 0 unspecified atom stereocenters. The molecule has 2 aromatic rings. The molecular weight excluding hydrogens is 226 g/mol. The van der Waals surface area contributed by atoms with Crippen molar-refractivity contribution in [3.63, 3.8) is 0 Å². The van der Waals surface area contributed by atoms with Crippen LogP contribution in [-0.2, 0) is 0 Å². The van der Waals surface area contributed by atoms with Crippen molar-refractivity contribution < 1.29 is 4.79 Å². The van der Waals surface area contributed by atoms with E-state index >= 15 is 0 Å². The van der Waals surface area contributed by atoms with E-state index in [1.165, 1.54) is 0 Å². The highest BCUT2D eigenvalue weighted by atomic mass is 16.1. The molecule has 1 amide bonds. The first-order valence-electron chi connectivity index (χ1n) is 5.37. The van der Waals surface area contributed by atoms with Gasteiger partial charge >= 0.3 is 0 Å². The Morgan fingerprint density at radius 3 is 2.67 bits per heavy atom. The third kappa shape index (κ3) is 2.47. The fourth-order valence-corrected chi connectivity index (χ4v) is 1.56. The largest absolute Gasteiger partial charge is 0.399 e. The molecule has 0 spiro atoms. The van der Waals surface area contributed by atoms with Gasteiger partial charge in [0.25, 0.3) is 5.91 Å². The summed E-state index contributed by atoms with van der Waals surface area (Å²) in [7, 11) is 0. The number of nitrogens with zero attached hydrogens (tertiary/aromatic N) is 1. The van der Waals surface area contributed by atoms with Crippen molar-refractivity contribution in [2.45, 2.75) is 0 Å². The van der Waals surface area contributed by atoms with Crippen molar-refractivity contribution in [3.8, 4) is 6.07 Å². The smallest absolute Gasteiger partial charge is 0.255 e. The maximum atomic E-state index is 12.0. The Morgan fingerprint density at radius 1 is 1.17 bits per heavy atom. The number of carbonyl (C=O) groups excluding carboxylic acids is 1. The number of para-hydroxylation sites is 1. The molecule has 18 heavy (non-hydrogen) atoms. The Kier molecular flexibility index (Phi) is 3.26. The fraction of sp³-hybridized carbons (Fsp3) is 0. The standard InChI is InChI=1S/C14H11N3O/c15-9-11-4-1-2-7-13(11)17-14(18)10-5-3-6-12(16)8-10/h1-8H,16H2,(H,17,18). The lowest BCUT2D eigenvalue weighted by Gasteiger charge is -2.07. The molecule has 88 valence electrons. The third-order valence-corrected chi connectivity index (χ3v) is 2.44. The highest BCUT2D eigenvalue weighted by Crippen LogP contribution is 2.15. The first kappa shape index (κ1) is 11.7. The van der Waals surface area contributed by atoms with Gasteiger partial charge in [-0.2, -0.15) is 5.26 Å². The predicted octanol–water partition coefficient (Wildman–Crippen LogP) is 2.39. The molecule has 0 atom stereocenters. The minimum atomic E-state index is -0.287. The number of nitrogen functional groups attached to an aromatic ring is 1. The number of anilines is 2. The Bertz CT molecular complexity index is 629. The van der Waals surface area contributed by atoms with Gasteiger partial charge in [-0.15, -0.1) is 0 Å². The van der Waals surface area contributed by atoms with Crippen molar-refractivity contribution >= 4 is 17.3 Å². The van der Waals surface area contributed by atoms with Gasteiger partial charge in [-0.1, -0.05) is 18.2 Å². The van der Waals surface area contributed by atoms with Crippen LogP contribution in [0, 0.1) is 11.3 Å². The topological polar surface area (TPSA) is 78.9 Å². The van der Waals surface area contributed by atoms with Crippen molar-refractivity contribution in [1.82, 2.24) is 0 Å². The molecule has 4 heteroatoms. The second-order valence-electron chi connectivity index (χ2n) is 3.74. The predicted molar refractivity (Wildman–Crippen MR) is 70.0 cm³/mol. The van der Waals surface area contributed by atoms with Crippen LogP contribution in [0.5, 0.6) is 0 Å². The summed E-state index contributed by atoms with van der Waals surface area (Å²) in [6, 6.07) is 15.5. The van der Waals surface area contributed by atoms with E-state index in [9.17, 15) is 4.79 Å². The van der Waals surface area contributed by atoms with E-state index in [1.54, 1.807) is 48.5 Å². The number of benzene rings is 2. The van der Waals surface area contributed by atoms with Crippen LogP contribution < -0.4 is 11.1 Å². The number of carbonyl (C=O) groups is 1. The minimum Gasteiger partial charge on any atom is -0.399 e. The second-order valence-corrected chi connectivity index (χ2v) is 3.74. The molecule has 4 nitrogen and oxygen atoms in total. The van der Waals surface area contributed by atoms with Crippen molar-refractivity contribution in [2.75, 3.05) is 11.1 Å². The van der Waals surface area contributed by atoms with Crippen molar-refractivity contribution in [2.24, 2.45) is 0 Å². The van der Waals surface area contributed by atoms with Gasteiger partial charge in [-0.3, -0.25) is 4.79 Å². The first-order chi connectivity index (χ1) is 8.70. The summed E-state index contributed by atoms with van der Waals surface area (Å²) in [5.74, 6) is -0.287. The summed E-state index contributed by atoms with van der Waals surface area (Å²) < 4.78 is 0. The molecular formula is C14H11N3O.